The third kappa shape index (κ3) is 6.69. The number of nitrogens with two attached hydrogens (primary N) is 1. The summed E-state index contributed by atoms with van der Waals surface area (Å²) in [5.41, 5.74) is 0.829. The van der Waals surface area contributed by atoms with Crippen molar-refractivity contribution in [3.63, 3.8) is 0 Å². The van der Waals surface area contributed by atoms with Crippen molar-refractivity contribution in [2.45, 2.75) is 63.8 Å². The molecule has 26 heavy (non-hydrogen) atoms. The third-order valence-electron chi connectivity index (χ3n) is 5.68. The van der Waals surface area contributed by atoms with Crippen molar-refractivity contribution < 1.29 is 29.6 Å². The van der Waals surface area contributed by atoms with Crippen LogP contribution in [0.4, 0.5) is 5.69 Å². The van der Waals surface area contributed by atoms with Gasteiger partial charge in [0.15, 0.2) is 0 Å². The van der Waals surface area contributed by atoms with Gasteiger partial charge in [-0.3, -0.25) is 15.6 Å². The molecule has 0 aliphatic heterocycles. The molecule has 0 atom stereocenters. The average molecular weight is 401 g/mol. The van der Waals surface area contributed by atoms with Gasteiger partial charge >= 0.3 is 0 Å². The summed E-state index contributed by atoms with van der Waals surface area (Å²) in [6.45, 7) is 1.03. The minimum atomic E-state index is 0. The van der Waals surface area contributed by atoms with Gasteiger partial charge in [0, 0.05) is 36.6 Å². The predicted molar refractivity (Wildman–Crippen MR) is 96.1 cm³/mol. The number of nitrogens with one attached hydrogen (secondary N) is 1. The molecule has 1 amide bonds. The van der Waals surface area contributed by atoms with Gasteiger partial charge in [0.05, 0.1) is 0 Å². The van der Waals surface area contributed by atoms with Crippen LogP contribution in [0.1, 0.15) is 57.8 Å². The van der Waals surface area contributed by atoms with Crippen LogP contribution in [0, 0.1) is 11.8 Å². The lowest BCUT2D eigenvalue weighted by atomic mass is 9.84. The monoisotopic (exact) mass is 400 g/mol. The summed E-state index contributed by atoms with van der Waals surface area (Å²) in [6.07, 6.45) is 14.1. The molecule has 0 aromatic carbocycles. The van der Waals surface area contributed by atoms with E-state index in [1.807, 2.05) is 12.1 Å². The number of amides is 1. The molecule has 7 heteroatoms. The first-order valence-corrected chi connectivity index (χ1v) is 9.44. The Hall–Kier alpha value is -0.880. The van der Waals surface area contributed by atoms with Crippen LogP contribution >= 0.6 is 0 Å². The highest BCUT2D eigenvalue weighted by Crippen LogP contribution is 2.30. The van der Waals surface area contributed by atoms with Gasteiger partial charge in [-0.15, -0.1) is 0 Å². The van der Waals surface area contributed by atoms with Crippen molar-refractivity contribution in [2.24, 2.45) is 17.7 Å². The molecular weight excluding hydrogens is 371 g/mol. The third-order valence-corrected chi connectivity index (χ3v) is 5.68. The molecule has 1 aromatic heterocycles. The second-order valence-corrected chi connectivity index (χ2v) is 7.43. The molecule has 2 saturated carbocycles. The normalized spacial score (nSPS) is 23.6. The number of hydrogen-bond acceptors (Lipinski definition) is 4. The molecule has 0 bridgehead atoms. The van der Waals surface area contributed by atoms with Crippen molar-refractivity contribution in [3.05, 3.63) is 24.5 Å². The quantitative estimate of drug-likeness (QED) is 0.418. The lowest BCUT2D eigenvalue weighted by Crippen LogP contribution is -3.00. The van der Waals surface area contributed by atoms with Crippen LogP contribution in [0.5, 0.6) is 0 Å². The van der Waals surface area contributed by atoms with Gasteiger partial charge in [0.25, 0.3) is 0 Å². The van der Waals surface area contributed by atoms with Gasteiger partial charge in [0.1, 0.15) is 0 Å². The van der Waals surface area contributed by atoms with E-state index in [1.165, 1.54) is 32.1 Å². The number of pyridine rings is 1. The Bertz CT molecular complexity index is 518. The lowest BCUT2D eigenvalue weighted by molar-refractivity contribution is -0.121. The maximum atomic E-state index is 12.4. The Labute approximate surface area is 169 Å². The van der Waals surface area contributed by atoms with Crippen LogP contribution in [0.25, 0.3) is 0 Å². The summed E-state index contributed by atoms with van der Waals surface area (Å²) in [4.78, 5) is 16.4. The van der Waals surface area contributed by atoms with Gasteiger partial charge in [-0.1, -0.05) is 19.3 Å². The van der Waals surface area contributed by atoms with E-state index in [0.717, 1.165) is 43.8 Å². The molecule has 2 fully saturated rings. The fourth-order valence-electron chi connectivity index (χ4n) is 4.17. The summed E-state index contributed by atoms with van der Waals surface area (Å²) in [5.74, 6) is 7.37. The second kappa shape index (κ2) is 11.8. The summed E-state index contributed by atoms with van der Waals surface area (Å²) in [7, 11) is 0. The largest absolute Gasteiger partial charge is 1.00 e. The zero-order valence-electron chi connectivity index (χ0n) is 15.2. The molecule has 2 aliphatic carbocycles. The highest BCUT2D eigenvalue weighted by atomic mass is 35.5. The Morgan fingerprint density at radius 2 is 1.65 bits per heavy atom. The van der Waals surface area contributed by atoms with Gasteiger partial charge in [0.2, 0.25) is 5.91 Å². The van der Waals surface area contributed by atoms with E-state index in [1.54, 1.807) is 12.4 Å². The summed E-state index contributed by atoms with van der Waals surface area (Å²) in [5, 5.41) is 5.07. The van der Waals surface area contributed by atoms with Crippen LogP contribution in [-0.2, 0) is 4.79 Å². The summed E-state index contributed by atoms with van der Waals surface area (Å²) >= 11 is 0. The van der Waals surface area contributed by atoms with Crippen molar-refractivity contribution in [3.8, 4) is 0 Å². The first-order chi connectivity index (χ1) is 11.7. The minimum absolute atomic E-state index is 0. The number of carbonyl (C=O) groups is 1. The number of rotatable bonds is 5. The molecule has 3 rings (SSSR count). The maximum absolute atomic E-state index is 12.4. The first kappa shape index (κ1) is 23.2. The summed E-state index contributed by atoms with van der Waals surface area (Å²) in [6, 6.07) is 4.10. The zero-order chi connectivity index (χ0) is 16.8. The average Bonchev–Trinajstić information content (AvgIpc) is 2.63. The first-order valence-electron chi connectivity index (χ1n) is 9.44. The van der Waals surface area contributed by atoms with E-state index in [4.69, 9.17) is 5.84 Å². The minimum Gasteiger partial charge on any atom is -1.00 e. The van der Waals surface area contributed by atoms with Gasteiger partial charge in [-0.25, -0.2) is 5.01 Å². The number of carbonyl (C=O) groups excluding carboxylic acids is 1. The fourth-order valence-corrected chi connectivity index (χ4v) is 4.17. The Kier molecular flexibility index (Phi) is 10.5. The molecule has 0 unspecified atom stereocenters. The Balaban J connectivity index is 0.00000169. The van der Waals surface area contributed by atoms with Gasteiger partial charge in [-0.2, -0.15) is 0 Å². The Morgan fingerprint density at radius 1 is 1.04 bits per heavy atom. The van der Waals surface area contributed by atoms with Crippen LogP contribution in [0.15, 0.2) is 24.5 Å². The van der Waals surface area contributed by atoms with Crippen LogP contribution in [0.3, 0.4) is 0 Å². The van der Waals surface area contributed by atoms with E-state index in [-0.39, 0.29) is 36.6 Å². The number of aromatic nitrogens is 1. The highest BCUT2D eigenvalue weighted by molar-refractivity contribution is 5.92. The van der Waals surface area contributed by atoms with Crippen molar-refractivity contribution in [2.75, 3.05) is 11.9 Å². The predicted octanol–water partition coefficient (Wildman–Crippen LogP) is -2.66. The standard InChI is InChI=1S/C19H30N4O.2ClH/c20-23(14-15-4-2-1-3-5-15)18-8-6-16(7-9-18)19(24)22-17-10-12-21-13-11-17;;/h10-13,15-16,18H,1-9,14,20H2,(H,21,22,24);2*1H/p-2. The molecule has 1 heterocycles. The molecule has 0 saturated heterocycles. The van der Waals surface area contributed by atoms with E-state index in [2.05, 4.69) is 15.3 Å². The topological polar surface area (TPSA) is 71.2 Å². The maximum Gasteiger partial charge on any atom is 0.227 e. The number of halogens is 2. The van der Waals surface area contributed by atoms with Crippen molar-refractivity contribution >= 4 is 11.6 Å². The fraction of sp³-hybridized carbons (Fsp3) is 0.684. The van der Waals surface area contributed by atoms with E-state index >= 15 is 0 Å². The molecule has 5 nitrogen and oxygen atoms in total. The number of hydrogen-bond donors (Lipinski definition) is 2. The molecule has 148 valence electrons. The van der Waals surface area contributed by atoms with Crippen LogP contribution in [0.2, 0.25) is 0 Å². The Morgan fingerprint density at radius 3 is 2.27 bits per heavy atom. The molecular formula is C19H30Cl2N4O-2. The molecule has 1 aromatic rings. The highest BCUT2D eigenvalue weighted by Gasteiger charge is 2.29. The molecule has 2 aliphatic rings. The zero-order valence-corrected chi connectivity index (χ0v) is 16.8. The SMILES string of the molecule is NN(CC1CCCCC1)C1CCC(C(=O)Nc2ccncc2)CC1.[Cl-].[Cl-]. The van der Waals surface area contributed by atoms with Crippen molar-refractivity contribution in [1.82, 2.24) is 9.99 Å². The lowest BCUT2D eigenvalue weighted by Gasteiger charge is -2.36. The van der Waals surface area contributed by atoms with Gasteiger partial charge < -0.3 is 30.1 Å². The smallest absolute Gasteiger partial charge is 0.227 e. The number of nitrogens with zero attached hydrogens (tertiary/aromatic N) is 2. The van der Waals surface area contributed by atoms with Crippen LogP contribution < -0.4 is 36.0 Å². The van der Waals surface area contributed by atoms with Crippen LogP contribution in [-0.4, -0.2) is 28.5 Å². The molecule has 3 N–H and O–H groups in total. The van der Waals surface area contributed by atoms with Gasteiger partial charge in [-0.05, 0) is 56.6 Å². The van der Waals surface area contributed by atoms with E-state index in [0.29, 0.717) is 6.04 Å². The van der Waals surface area contributed by atoms with E-state index < -0.39 is 0 Å². The van der Waals surface area contributed by atoms with Crippen molar-refractivity contribution in [1.29, 1.82) is 0 Å². The second-order valence-electron chi connectivity index (χ2n) is 7.43. The molecule has 0 spiro atoms. The number of hydrazine groups is 1. The summed E-state index contributed by atoms with van der Waals surface area (Å²) < 4.78 is 0. The number of anilines is 1. The van der Waals surface area contributed by atoms with E-state index in [9.17, 15) is 4.79 Å². The molecule has 0 radical (unpaired) electrons.